The molecule has 114 valence electrons. The molecule has 1 N–H and O–H groups in total. The van der Waals surface area contributed by atoms with Crippen LogP contribution in [0.25, 0.3) is 5.69 Å². The molecule has 2 rings (SSSR count). The van der Waals surface area contributed by atoms with Gasteiger partial charge in [0.2, 0.25) is 0 Å². The largest absolute Gasteiger partial charge is 0.384 e. The Labute approximate surface area is 127 Å². The molecule has 0 aliphatic carbocycles. The molecule has 1 atom stereocenters. The van der Waals surface area contributed by atoms with Crippen molar-refractivity contribution in [3.63, 3.8) is 0 Å². The van der Waals surface area contributed by atoms with Gasteiger partial charge in [0.1, 0.15) is 0 Å². The van der Waals surface area contributed by atoms with E-state index in [9.17, 15) is 0 Å². The summed E-state index contributed by atoms with van der Waals surface area (Å²) in [5, 5.41) is 3.53. The van der Waals surface area contributed by atoms with Crippen molar-refractivity contribution in [3.05, 3.63) is 53.3 Å². The maximum Gasteiger partial charge on any atom is 0.0499 e. The molecule has 0 aliphatic heterocycles. The van der Waals surface area contributed by atoms with Gasteiger partial charge in [0.25, 0.3) is 0 Å². The van der Waals surface area contributed by atoms with E-state index in [0.717, 1.165) is 19.7 Å². The Kier molecular flexibility index (Phi) is 5.59. The number of benzene rings is 1. The fraction of sp³-hybridized carbons (Fsp3) is 0.444. The van der Waals surface area contributed by atoms with Crippen LogP contribution >= 0.6 is 0 Å². The molecule has 0 amide bonds. The van der Waals surface area contributed by atoms with Crippen LogP contribution in [0.5, 0.6) is 0 Å². The van der Waals surface area contributed by atoms with Crippen LogP contribution in [0, 0.1) is 19.8 Å². The number of hydrogen-bond donors (Lipinski definition) is 1. The summed E-state index contributed by atoms with van der Waals surface area (Å²) in [7, 11) is 1.75. The van der Waals surface area contributed by atoms with E-state index in [1.165, 1.54) is 22.6 Å². The first-order valence-electron chi connectivity index (χ1n) is 7.56. The van der Waals surface area contributed by atoms with Crippen molar-refractivity contribution in [2.45, 2.75) is 27.3 Å². The average Bonchev–Trinajstić information content (AvgIpc) is 2.75. The zero-order valence-corrected chi connectivity index (χ0v) is 13.5. The van der Waals surface area contributed by atoms with Crippen molar-refractivity contribution in [2.75, 3.05) is 20.3 Å². The number of methoxy groups -OCH3 is 1. The zero-order chi connectivity index (χ0) is 15.2. The SMILES string of the molecule is COCC(C)CNCc1cc(C)n(-c2ccccc2)c1C. The van der Waals surface area contributed by atoms with Crippen LogP contribution in [0.4, 0.5) is 0 Å². The highest BCUT2D eigenvalue weighted by Gasteiger charge is 2.10. The summed E-state index contributed by atoms with van der Waals surface area (Å²) in [6, 6.07) is 12.8. The standard InChI is InChI=1S/C18H26N2O/c1-14(13-21-4)11-19-12-17-10-15(2)20(16(17)3)18-8-6-5-7-9-18/h5-10,14,19H,11-13H2,1-4H3. The lowest BCUT2D eigenvalue weighted by atomic mass is 10.2. The van der Waals surface area contributed by atoms with Crippen LogP contribution in [0.3, 0.4) is 0 Å². The van der Waals surface area contributed by atoms with E-state index >= 15 is 0 Å². The molecule has 3 heteroatoms. The van der Waals surface area contributed by atoms with Crippen molar-refractivity contribution in [2.24, 2.45) is 5.92 Å². The molecule has 3 nitrogen and oxygen atoms in total. The summed E-state index contributed by atoms with van der Waals surface area (Å²) < 4.78 is 7.48. The normalized spacial score (nSPS) is 12.6. The van der Waals surface area contributed by atoms with Crippen LogP contribution < -0.4 is 5.32 Å². The Morgan fingerprint density at radius 1 is 1.19 bits per heavy atom. The van der Waals surface area contributed by atoms with E-state index in [4.69, 9.17) is 4.74 Å². The Morgan fingerprint density at radius 3 is 2.57 bits per heavy atom. The smallest absolute Gasteiger partial charge is 0.0499 e. The highest BCUT2D eigenvalue weighted by atomic mass is 16.5. The Balaban J connectivity index is 2.06. The van der Waals surface area contributed by atoms with Gasteiger partial charge in [-0.2, -0.15) is 0 Å². The molecule has 0 spiro atoms. The molecule has 0 aliphatic rings. The molecule has 0 fully saturated rings. The minimum Gasteiger partial charge on any atom is -0.384 e. The second-order valence-electron chi connectivity index (χ2n) is 5.76. The first-order chi connectivity index (χ1) is 10.1. The fourth-order valence-electron chi connectivity index (χ4n) is 2.78. The van der Waals surface area contributed by atoms with E-state index in [2.05, 4.69) is 67.1 Å². The van der Waals surface area contributed by atoms with Crippen LogP contribution in [0.2, 0.25) is 0 Å². The van der Waals surface area contributed by atoms with Crippen molar-refractivity contribution >= 4 is 0 Å². The highest BCUT2D eigenvalue weighted by Crippen LogP contribution is 2.20. The van der Waals surface area contributed by atoms with Crippen molar-refractivity contribution in [3.8, 4) is 5.69 Å². The van der Waals surface area contributed by atoms with Gasteiger partial charge in [-0.1, -0.05) is 25.1 Å². The Bertz CT molecular complexity index is 560. The van der Waals surface area contributed by atoms with E-state index in [-0.39, 0.29) is 0 Å². The molecule has 2 aromatic rings. The van der Waals surface area contributed by atoms with E-state index in [1.807, 2.05) is 0 Å². The quantitative estimate of drug-likeness (QED) is 0.843. The summed E-state index contributed by atoms with van der Waals surface area (Å²) in [4.78, 5) is 0. The van der Waals surface area contributed by atoms with Crippen LogP contribution in [-0.2, 0) is 11.3 Å². The topological polar surface area (TPSA) is 26.2 Å². The molecule has 1 aromatic carbocycles. The fourth-order valence-corrected chi connectivity index (χ4v) is 2.78. The number of nitrogens with zero attached hydrogens (tertiary/aromatic N) is 1. The molecule has 0 bridgehead atoms. The first-order valence-corrected chi connectivity index (χ1v) is 7.56. The zero-order valence-electron chi connectivity index (χ0n) is 13.5. The van der Waals surface area contributed by atoms with Gasteiger partial charge < -0.3 is 14.6 Å². The number of ether oxygens (including phenoxy) is 1. The van der Waals surface area contributed by atoms with Crippen molar-refractivity contribution in [1.29, 1.82) is 0 Å². The molecule has 1 unspecified atom stereocenters. The van der Waals surface area contributed by atoms with Crippen molar-refractivity contribution < 1.29 is 4.74 Å². The van der Waals surface area contributed by atoms with Crippen LogP contribution in [0.1, 0.15) is 23.9 Å². The third-order valence-corrected chi connectivity index (χ3v) is 3.81. The Hall–Kier alpha value is -1.58. The molecule has 21 heavy (non-hydrogen) atoms. The Morgan fingerprint density at radius 2 is 1.90 bits per heavy atom. The van der Waals surface area contributed by atoms with Gasteiger partial charge in [-0.3, -0.25) is 0 Å². The first kappa shape index (κ1) is 15.8. The van der Waals surface area contributed by atoms with Gasteiger partial charge >= 0.3 is 0 Å². The van der Waals surface area contributed by atoms with Gasteiger partial charge in [-0.25, -0.2) is 0 Å². The number of hydrogen-bond acceptors (Lipinski definition) is 2. The second-order valence-corrected chi connectivity index (χ2v) is 5.76. The molecule has 0 saturated carbocycles. The third-order valence-electron chi connectivity index (χ3n) is 3.81. The lowest BCUT2D eigenvalue weighted by Crippen LogP contribution is -2.23. The number of aromatic nitrogens is 1. The number of rotatable bonds is 7. The minimum atomic E-state index is 0.535. The lowest BCUT2D eigenvalue weighted by Gasteiger charge is -2.12. The third kappa shape index (κ3) is 3.96. The summed E-state index contributed by atoms with van der Waals surface area (Å²) in [6.45, 7) is 9.23. The van der Waals surface area contributed by atoms with Gasteiger partial charge in [0.05, 0.1) is 0 Å². The molecular weight excluding hydrogens is 260 g/mol. The van der Waals surface area contributed by atoms with Crippen LogP contribution in [-0.4, -0.2) is 24.8 Å². The molecule has 0 radical (unpaired) electrons. The number of nitrogens with one attached hydrogen (secondary N) is 1. The summed E-state index contributed by atoms with van der Waals surface area (Å²) in [5.74, 6) is 0.535. The van der Waals surface area contributed by atoms with E-state index in [0.29, 0.717) is 5.92 Å². The second kappa shape index (κ2) is 7.43. The number of aryl methyl sites for hydroxylation is 1. The monoisotopic (exact) mass is 286 g/mol. The predicted molar refractivity (Wildman–Crippen MR) is 88.0 cm³/mol. The summed E-state index contributed by atoms with van der Waals surface area (Å²) in [6.07, 6.45) is 0. The van der Waals surface area contributed by atoms with Gasteiger partial charge in [-0.05, 0) is 43.5 Å². The van der Waals surface area contributed by atoms with Gasteiger partial charge in [0.15, 0.2) is 0 Å². The summed E-state index contributed by atoms with van der Waals surface area (Å²) in [5.41, 5.74) is 5.18. The lowest BCUT2D eigenvalue weighted by molar-refractivity contribution is 0.158. The van der Waals surface area contributed by atoms with Crippen molar-refractivity contribution in [1.82, 2.24) is 9.88 Å². The van der Waals surface area contributed by atoms with Gasteiger partial charge in [-0.15, -0.1) is 0 Å². The van der Waals surface area contributed by atoms with E-state index in [1.54, 1.807) is 7.11 Å². The maximum atomic E-state index is 5.17. The molecule has 1 aromatic heterocycles. The average molecular weight is 286 g/mol. The highest BCUT2D eigenvalue weighted by molar-refractivity contribution is 5.40. The molecule has 1 heterocycles. The van der Waals surface area contributed by atoms with Crippen LogP contribution in [0.15, 0.2) is 36.4 Å². The molecule has 0 saturated heterocycles. The summed E-state index contributed by atoms with van der Waals surface area (Å²) >= 11 is 0. The molecular formula is C18H26N2O. The minimum absolute atomic E-state index is 0.535. The van der Waals surface area contributed by atoms with Gasteiger partial charge in [0, 0.05) is 43.9 Å². The maximum absolute atomic E-state index is 5.17. The number of para-hydroxylation sites is 1. The predicted octanol–water partition coefficient (Wildman–Crippen LogP) is 3.47. The van der Waals surface area contributed by atoms with E-state index < -0.39 is 0 Å².